The normalized spacial score (nSPS) is 23.6. The molecule has 2 nitrogen and oxygen atoms in total. The van der Waals surface area contributed by atoms with Gasteiger partial charge in [0.05, 0.1) is 0 Å². The molecule has 17 heavy (non-hydrogen) atoms. The average molecular weight is 249 g/mol. The van der Waals surface area contributed by atoms with Gasteiger partial charge in [-0.3, -0.25) is 4.79 Å². The van der Waals surface area contributed by atoms with Crippen molar-refractivity contribution in [1.29, 1.82) is 0 Å². The van der Waals surface area contributed by atoms with E-state index in [-0.39, 0.29) is 11.9 Å². The highest BCUT2D eigenvalue weighted by Crippen LogP contribution is 2.42. The largest absolute Gasteiger partial charge is 0.489 e. The summed E-state index contributed by atoms with van der Waals surface area (Å²) in [6.07, 6.45) is 3.07. The van der Waals surface area contributed by atoms with Crippen LogP contribution in [0.25, 0.3) is 0 Å². The number of hydrogen-bond acceptors (Lipinski definition) is 2. The van der Waals surface area contributed by atoms with Crippen LogP contribution in [0.4, 0.5) is 0 Å². The van der Waals surface area contributed by atoms with E-state index >= 15 is 0 Å². The maximum atomic E-state index is 11.8. The van der Waals surface area contributed by atoms with Gasteiger partial charge in [0.1, 0.15) is 11.9 Å². The van der Waals surface area contributed by atoms with Gasteiger partial charge < -0.3 is 4.74 Å². The molecular formula is C14H13ClO2. The second kappa shape index (κ2) is 4.19. The van der Waals surface area contributed by atoms with Crippen LogP contribution in [0.1, 0.15) is 37.4 Å². The number of ketones is 1. The Morgan fingerprint density at radius 1 is 1.24 bits per heavy atom. The summed E-state index contributed by atoms with van der Waals surface area (Å²) < 4.78 is 5.88. The topological polar surface area (TPSA) is 26.3 Å². The molecule has 1 unspecified atom stereocenters. The Morgan fingerprint density at radius 2 is 2.06 bits per heavy atom. The van der Waals surface area contributed by atoms with Crippen molar-refractivity contribution in [2.24, 2.45) is 0 Å². The van der Waals surface area contributed by atoms with E-state index in [1.807, 2.05) is 24.3 Å². The third-order valence-corrected chi connectivity index (χ3v) is 3.75. The van der Waals surface area contributed by atoms with Crippen molar-refractivity contribution in [3.63, 3.8) is 0 Å². The fraction of sp³-hybridized carbons (Fsp3) is 0.357. The maximum absolute atomic E-state index is 11.8. The zero-order valence-electron chi connectivity index (χ0n) is 9.41. The SMILES string of the molecule is O=C1CCCC2=C1CC(c1ccccc1Cl)O2. The first-order chi connectivity index (χ1) is 8.25. The van der Waals surface area contributed by atoms with Crippen LogP contribution in [0.5, 0.6) is 0 Å². The zero-order valence-corrected chi connectivity index (χ0v) is 10.2. The monoisotopic (exact) mass is 248 g/mol. The first-order valence-corrected chi connectivity index (χ1v) is 6.30. The fourth-order valence-corrected chi connectivity index (χ4v) is 2.79. The number of Topliss-reactive ketones (excluding diaryl/α,β-unsaturated/α-hetero) is 1. The molecule has 0 N–H and O–H groups in total. The van der Waals surface area contributed by atoms with Crippen LogP contribution in [0.3, 0.4) is 0 Å². The summed E-state index contributed by atoms with van der Waals surface area (Å²) in [6.45, 7) is 0. The van der Waals surface area contributed by atoms with Crippen molar-refractivity contribution in [1.82, 2.24) is 0 Å². The molecule has 0 amide bonds. The van der Waals surface area contributed by atoms with Crippen LogP contribution in [0, 0.1) is 0 Å². The van der Waals surface area contributed by atoms with Gasteiger partial charge in [-0.05, 0) is 12.5 Å². The van der Waals surface area contributed by atoms with Gasteiger partial charge in [0.2, 0.25) is 0 Å². The van der Waals surface area contributed by atoms with Crippen LogP contribution < -0.4 is 0 Å². The van der Waals surface area contributed by atoms with E-state index in [0.29, 0.717) is 17.9 Å². The Labute approximate surface area is 105 Å². The summed E-state index contributed by atoms with van der Waals surface area (Å²) >= 11 is 6.15. The standard InChI is InChI=1S/C14H13ClO2/c15-11-5-2-1-4-9(11)14-8-10-12(16)6-3-7-13(10)17-14/h1-2,4-5,14H,3,6-8H2. The van der Waals surface area contributed by atoms with Crippen molar-refractivity contribution in [2.45, 2.75) is 31.8 Å². The van der Waals surface area contributed by atoms with E-state index in [0.717, 1.165) is 29.7 Å². The molecule has 0 saturated carbocycles. The molecule has 1 atom stereocenters. The molecule has 3 heteroatoms. The molecule has 1 aromatic carbocycles. The average Bonchev–Trinajstić information content (AvgIpc) is 2.75. The number of rotatable bonds is 1. The van der Waals surface area contributed by atoms with Gasteiger partial charge in [0, 0.05) is 35.4 Å². The Balaban J connectivity index is 1.87. The Bertz CT molecular complexity index is 505. The number of benzene rings is 1. The molecule has 2 aliphatic rings. The molecule has 0 bridgehead atoms. The van der Waals surface area contributed by atoms with Gasteiger partial charge in [-0.15, -0.1) is 0 Å². The summed E-state index contributed by atoms with van der Waals surface area (Å²) in [5, 5.41) is 0.713. The number of hydrogen-bond donors (Lipinski definition) is 0. The second-order valence-corrected chi connectivity index (χ2v) is 4.92. The van der Waals surface area contributed by atoms with Crippen LogP contribution >= 0.6 is 11.6 Å². The van der Waals surface area contributed by atoms with Gasteiger partial charge >= 0.3 is 0 Å². The molecule has 0 spiro atoms. The van der Waals surface area contributed by atoms with Crippen molar-refractivity contribution in [2.75, 3.05) is 0 Å². The lowest BCUT2D eigenvalue weighted by Gasteiger charge is -2.14. The third kappa shape index (κ3) is 1.87. The van der Waals surface area contributed by atoms with Gasteiger partial charge in [-0.2, -0.15) is 0 Å². The number of allylic oxidation sites excluding steroid dienone is 1. The van der Waals surface area contributed by atoms with Crippen LogP contribution in [-0.2, 0) is 9.53 Å². The first-order valence-electron chi connectivity index (χ1n) is 5.92. The highest BCUT2D eigenvalue weighted by atomic mass is 35.5. The molecule has 0 fully saturated rings. The highest BCUT2D eigenvalue weighted by molar-refractivity contribution is 6.31. The minimum Gasteiger partial charge on any atom is -0.489 e. The molecule has 0 aromatic heterocycles. The van der Waals surface area contributed by atoms with Gasteiger partial charge in [-0.25, -0.2) is 0 Å². The van der Waals surface area contributed by atoms with E-state index in [1.165, 1.54) is 0 Å². The van der Waals surface area contributed by atoms with E-state index in [9.17, 15) is 4.79 Å². The van der Waals surface area contributed by atoms with E-state index in [1.54, 1.807) is 0 Å². The smallest absolute Gasteiger partial charge is 0.162 e. The van der Waals surface area contributed by atoms with Crippen molar-refractivity contribution >= 4 is 17.4 Å². The van der Waals surface area contributed by atoms with Crippen molar-refractivity contribution in [3.8, 4) is 0 Å². The van der Waals surface area contributed by atoms with Crippen LogP contribution in [0.2, 0.25) is 5.02 Å². The minimum absolute atomic E-state index is 0.0734. The molecule has 1 heterocycles. The molecule has 3 rings (SSSR count). The summed E-state index contributed by atoms with van der Waals surface area (Å²) in [4.78, 5) is 11.8. The minimum atomic E-state index is -0.0734. The Kier molecular flexibility index (Phi) is 2.67. The molecular weight excluding hydrogens is 236 g/mol. The maximum Gasteiger partial charge on any atom is 0.162 e. The van der Waals surface area contributed by atoms with Crippen LogP contribution in [0.15, 0.2) is 35.6 Å². The number of carbonyl (C=O) groups excluding carboxylic acids is 1. The highest BCUT2D eigenvalue weighted by Gasteiger charge is 2.33. The zero-order chi connectivity index (χ0) is 11.8. The molecule has 0 radical (unpaired) electrons. The molecule has 88 valence electrons. The van der Waals surface area contributed by atoms with E-state index < -0.39 is 0 Å². The summed E-state index contributed by atoms with van der Waals surface area (Å²) in [6, 6.07) is 7.68. The van der Waals surface area contributed by atoms with Crippen molar-refractivity contribution < 1.29 is 9.53 Å². The Hall–Kier alpha value is -1.28. The van der Waals surface area contributed by atoms with E-state index in [2.05, 4.69) is 0 Å². The number of halogens is 1. The van der Waals surface area contributed by atoms with Gasteiger partial charge in [0.25, 0.3) is 0 Å². The Morgan fingerprint density at radius 3 is 2.82 bits per heavy atom. The summed E-state index contributed by atoms with van der Waals surface area (Å²) in [5.41, 5.74) is 1.87. The molecule has 1 aliphatic carbocycles. The second-order valence-electron chi connectivity index (χ2n) is 4.51. The fourth-order valence-electron chi connectivity index (χ4n) is 2.53. The lowest BCUT2D eigenvalue weighted by molar-refractivity contribution is -0.116. The predicted molar refractivity (Wildman–Crippen MR) is 65.8 cm³/mol. The molecule has 0 saturated heterocycles. The first kappa shape index (κ1) is 10.8. The molecule has 1 aliphatic heterocycles. The summed E-state index contributed by atoms with van der Waals surface area (Å²) in [7, 11) is 0. The lowest BCUT2D eigenvalue weighted by atomic mass is 9.93. The molecule has 1 aromatic rings. The van der Waals surface area contributed by atoms with Crippen LogP contribution in [-0.4, -0.2) is 5.78 Å². The van der Waals surface area contributed by atoms with E-state index in [4.69, 9.17) is 16.3 Å². The number of ether oxygens (including phenoxy) is 1. The quantitative estimate of drug-likeness (QED) is 0.756. The van der Waals surface area contributed by atoms with Gasteiger partial charge in [0.15, 0.2) is 5.78 Å². The summed E-state index contributed by atoms with van der Waals surface area (Å²) in [5.74, 6) is 1.15. The predicted octanol–water partition coefficient (Wildman–Crippen LogP) is 3.81. The number of carbonyl (C=O) groups is 1. The van der Waals surface area contributed by atoms with Crippen molar-refractivity contribution in [3.05, 3.63) is 46.2 Å². The lowest BCUT2D eigenvalue weighted by Crippen LogP contribution is -2.07. The van der Waals surface area contributed by atoms with Gasteiger partial charge in [-0.1, -0.05) is 29.8 Å². The third-order valence-electron chi connectivity index (χ3n) is 3.41.